The summed E-state index contributed by atoms with van der Waals surface area (Å²) in [6.45, 7) is 4.65. The number of amides is 1. The topological polar surface area (TPSA) is 102 Å². The van der Waals surface area contributed by atoms with Gasteiger partial charge in [0.05, 0.1) is 35.4 Å². The zero-order valence-electron chi connectivity index (χ0n) is 15.5. The Hall–Kier alpha value is -2.94. The third kappa shape index (κ3) is 4.48. The van der Waals surface area contributed by atoms with Crippen LogP contribution in [0, 0.1) is 13.8 Å². The zero-order chi connectivity index (χ0) is 20.3. The minimum absolute atomic E-state index is 0.102. The summed E-state index contributed by atoms with van der Waals surface area (Å²) in [5.74, 6) is -1.28. The van der Waals surface area contributed by atoms with Crippen LogP contribution < -0.4 is 5.32 Å². The van der Waals surface area contributed by atoms with Crippen LogP contribution in [0.1, 0.15) is 33.9 Å². The number of carboxylic acid groups (broad SMARTS) is 1. The SMILES string of the molecule is Cc1nn(Cc2cccc(NC(=O)c3ccnn3CCC(=O)O)c2)c(C)c1Br. The van der Waals surface area contributed by atoms with Crippen LogP contribution >= 0.6 is 15.9 Å². The van der Waals surface area contributed by atoms with E-state index < -0.39 is 5.97 Å². The standard InChI is InChI=1S/C19H20BrN5O3/c1-12-18(20)13(2)25(23-12)11-14-4-3-5-15(10-14)22-19(28)16-6-8-21-24(16)9-7-17(26)27/h3-6,8,10H,7,9,11H2,1-2H3,(H,22,28)(H,26,27). The maximum Gasteiger partial charge on any atom is 0.305 e. The fraction of sp³-hybridized carbons (Fsp3) is 0.263. The molecule has 0 atom stereocenters. The maximum atomic E-state index is 12.6. The number of aryl methyl sites for hydroxylation is 2. The largest absolute Gasteiger partial charge is 0.481 e. The molecule has 1 aromatic carbocycles. The molecule has 0 saturated heterocycles. The molecule has 3 rings (SSSR count). The predicted octanol–water partition coefficient (Wildman–Crippen LogP) is 3.23. The third-order valence-electron chi connectivity index (χ3n) is 4.30. The van der Waals surface area contributed by atoms with Crippen molar-refractivity contribution in [1.82, 2.24) is 19.6 Å². The Kier molecular flexibility index (Phi) is 5.93. The number of carboxylic acids is 1. The fourth-order valence-corrected chi connectivity index (χ4v) is 3.13. The van der Waals surface area contributed by atoms with E-state index in [9.17, 15) is 9.59 Å². The van der Waals surface area contributed by atoms with Crippen molar-refractivity contribution in [2.45, 2.75) is 33.4 Å². The Morgan fingerprint density at radius 2 is 2.00 bits per heavy atom. The minimum Gasteiger partial charge on any atom is -0.481 e. The van der Waals surface area contributed by atoms with Gasteiger partial charge in [0.2, 0.25) is 0 Å². The second-order valence-electron chi connectivity index (χ2n) is 6.38. The first-order chi connectivity index (χ1) is 13.3. The van der Waals surface area contributed by atoms with Crippen LogP contribution in [-0.4, -0.2) is 36.5 Å². The van der Waals surface area contributed by atoms with Crippen molar-refractivity contribution in [1.29, 1.82) is 0 Å². The summed E-state index contributed by atoms with van der Waals surface area (Å²) in [5, 5.41) is 20.2. The number of aromatic nitrogens is 4. The highest BCUT2D eigenvalue weighted by Crippen LogP contribution is 2.21. The Labute approximate surface area is 170 Å². The van der Waals surface area contributed by atoms with Gasteiger partial charge in [-0.05, 0) is 53.5 Å². The van der Waals surface area contributed by atoms with E-state index in [-0.39, 0.29) is 18.9 Å². The second-order valence-corrected chi connectivity index (χ2v) is 7.17. The molecule has 0 spiro atoms. The first kappa shape index (κ1) is 19.8. The van der Waals surface area contributed by atoms with Crippen LogP contribution in [0.3, 0.4) is 0 Å². The van der Waals surface area contributed by atoms with Gasteiger partial charge in [0.15, 0.2) is 0 Å². The number of rotatable bonds is 7. The predicted molar refractivity (Wildman–Crippen MR) is 107 cm³/mol. The van der Waals surface area contributed by atoms with Crippen LogP contribution in [0.15, 0.2) is 41.0 Å². The zero-order valence-corrected chi connectivity index (χ0v) is 17.1. The van der Waals surface area contributed by atoms with Crippen molar-refractivity contribution in [3.63, 3.8) is 0 Å². The van der Waals surface area contributed by atoms with Gasteiger partial charge >= 0.3 is 5.97 Å². The highest BCUT2D eigenvalue weighted by Gasteiger charge is 2.14. The summed E-state index contributed by atoms with van der Waals surface area (Å²) in [5.41, 5.74) is 3.92. The lowest BCUT2D eigenvalue weighted by atomic mass is 10.2. The fourth-order valence-electron chi connectivity index (χ4n) is 2.85. The van der Waals surface area contributed by atoms with E-state index in [2.05, 4.69) is 31.4 Å². The number of hydrogen-bond acceptors (Lipinski definition) is 4. The molecule has 0 radical (unpaired) electrons. The monoisotopic (exact) mass is 445 g/mol. The van der Waals surface area contributed by atoms with E-state index in [1.165, 1.54) is 10.9 Å². The van der Waals surface area contributed by atoms with Gasteiger partial charge in [-0.2, -0.15) is 10.2 Å². The molecule has 9 heteroatoms. The molecule has 2 heterocycles. The number of carbonyl (C=O) groups is 2. The Balaban J connectivity index is 1.72. The van der Waals surface area contributed by atoms with Crippen molar-refractivity contribution < 1.29 is 14.7 Å². The molecule has 28 heavy (non-hydrogen) atoms. The average molecular weight is 446 g/mol. The molecular weight excluding hydrogens is 426 g/mol. The molecule has 0 aliphatic rings. The lowest BCUT2D eigenvalue weighted by molar-refractivity contribution is -0.137. The summed E-state index contributed by atoms with van der Waals surface area (Å²) in [6, 6.07) is 9.09. The van der Waals surface area contributed by atoms with Crippen LogP contribution in [0.25, 0.3) is 0 Å². The highest BCUT2D eigenvalue weighted by molar-refractivity contribution is 9.10. The quantitative estimate of drug-likeness (QED) is 0.580. The molecule has 0 saturated carbocycles. The van der Waals surface area contributed by atoms with Crippen LogP contribution in [0.5, 0.6) is 0 Å². The van der Waals surface area contributed by atoms with E-state index >= 15 is 0 Å². The van der Waals surface area contributed by atoms with Gasteiger partial charge in [0.1, 0.15) is 5.69 Å². The van der Waals surface area contributed by atoms with E-state index in [4.69, 9.17) is 5.11 Å². The van der Waals surface area contributed by atoms with Gasteiger partial charge in [0.25, 0.3) is 5.91 Å². The number of nitrogens with zero attached hydrogens (tertiary/aromatic N) is 4. The number of anilines is 1. The molecule has 8 nitrogen and oxygen atoms in total. The molecular formula is C19H20BrN5O3. The van der Waals surface area contributed by atoms with E-state index in [0.717, 1.165) is 21.4 Å². The number of hydrogen-bond donors (Lipinski definition) is 2. The van der Waals surface area contributed by atoms with Crippen molar-refractivity contribution in [2.24, 2.45) is 0 Å². The van der Waals surface area contributed by atoms with Crippen molar-refractivity contribution in [3.05, 3.63) is 63.6 Å². The van der Waals surface area contributed by atoms with Crippen LogP contribution in [0.2, 0.25) is 0 Å². The second kappa shape index (κ2) is 8.39. The molecule has 0 unspecified atom stereocenters. The number of aliphatic carboxylic acids is 1. The molecule has 146 valence electrons. The Morgan fingerprint density at radius 1 is 1.21 bits per heavy atom. The number of nitrogens with one attached hydrogen (secondary N) is 1. The Bertz CT molecular complexity index is 1020. The minimum atomic E-state index is -0.939. The number of carbonyl (C=O) groups excluding carboxylic acids is 1. The lowest BCUT2D eigenvalue weighted by Gasteiger charge is -2.10. The summed E-state index contributed by atoms with van der Waals surface area (Å²) in [4.78, 5) is 23.3. The van der Waals surface area contributed by atoms with E-state index in [1.54, 1.807) is 12.1 Å². The molecule has 2 N–H and O–H groups in total. The Morgan fingerprint density at radius 3 is 2.68 bits per heavy atom. The number of halogens is 1. The van der Waals surface area contributed by atoms with Crippen LogP contribution in [0.4, 0.5) is 5.69 Å². The van der Waals surface area contributed by atoms with Gasteiger partial charge in [-0.3, -0.25) is 19.0 Å². The normalized spacial score (nSPS) is 10.8. The summed E-state index contributed by atoms with van der Waals surface area (Å²) in [7, 11) is 0. The van der Waals surface area contributed by atoms with Gasteiger partial charge in [-0.15, -0.1) is 0 Å². The van der Waals surface area contributed by atoms with Crippen molar-refractivity contribution >= 4 is 33.5 Å². The van der Waals surface area contributed by atoms with Crippen molar-refractivity contribution in [3.8, 4) is 0 Å². The molecule has 1 amide bonds. The number of benzene rings is 1. The molecule has 0 bridgehead atoms. The molecule has 2 aromatic heterocycles. The molecule has 3 aromatic rings. The lowest BCUT2D eigenvalue weighted by Crippen LogP contribution is -2.19. The first-order valence-corrected chi connectivity index (χ1v) is 9.48. The maximum absolute atomic E-state index is 12.6. The highest BCUT2D eigenvalue weighted by atomic mass is 79.9. The van der Waals surface area contributed by atoms with E-state index in [0.29, 0.717) is 17.9 Å². The van der Waals surface area contributed by atoms with E-state index in [1.807, 2.05) is 36.7 Å². The van der Waals surface area contributed by atoms with Gasteiger partial charge in [-0.1, -0.05) is 12.1 Å². The summed E-state index contributed by atoms with van der Waals surface area (Å²) >= 11 is 3.53. The van der Waals surface area contributed by atoms with Gasteiger partial charge in [-0.25, -0.2) is 0 Å². The smallest absolute Gasteiger partial charge is 0.305 e. The van der Waals surface area contributed by atoms with Gasteiger partial charge in [0, 0.05) is 11.9 Å². The summed E-state index contributed by atoms with van der Waals surface area (Å²) in [6.07, 6.45) is 1.38. The first-order valence-electron chi connectivity index (χ1n) is 8.68. The summed E-state index contributed by atoms with van der Waals surface area (Å²) < 4.78 is 4.29. The van der Waals surface area contributed by atoms with Crippen LogP contribution in [-0.2, 0) is 17.9 Å². The average Bonchev–Trinajstić information content (AvgIpc) is 3.21. The van der Waals surface area contributed by atoms with Crippen molar-refractivity contribution in [2.75, 3.05) is 5.32 Å². The van der Waals surface area contributed by atoms with Gasteiger partial charge < -0.3 is 10.4 Å². The molecule has 0 aliphatic carbocycles. The third-order valence-corrected chi connectivity index (χ3v) is 5.44. The molecule has 0 aliphatic heterocycles. The molecule has 0 fully saturated rings.